The lowest BCUT2D eigenvalue weighted by molar-refractivity contribution is 0.0939. The second-order valence-electron chi connectivity index (χ2n) is 5.48. The van der Waals surface area contributed by atoms with E-state index < -0.39 is 0 Å². The Morgan fingerprint density at radius 2 is 1.96 bits per heavy atom. The molecule has 5 nitrogen and oxygen atoms in total. The van der Waals surface area contributed by atoms with Gasteiger partial charge in [0.05, 0.1) is 22.6 Å². The number of H-pyrrole nitrogens is 1. The zero-order valence-corrected chi connectivity index (χ0v) is 12.5. The van der Waals surface area contributed by atoms with Gasteiger partial charge >= 0.3 is 0 Å². The molecule has 4 aromatic rings. The first-order valence-corrected chi connectivity index (χ1v) is 7.44. The fraction of sp³-hybridized carbons (Fsp3) is 0.111. The highest BCUT2D eigenvalue weighted by Gasteiger charge is 2.18. The van der Waals surface area contributed by atoms with Gasteiger partial charge < -0.3 is 14.7 Å². The summed E-state index contributed by atoms with van der Waals surface area (Å²) in [4.78, 5) is 20.3. The van der Waals surface area contributed by atoms with E-state index in [2.05, 4.69) is 15.3 Å². The van der Waals surface area contributed by atoms with E-state index in [1.807, 2.05) is 55.5 Å². The third-order valence-electron chi connectivity index (χ3n) is 3.89. The zero-order chi connectivity index (χ0) is 15.8. The molecule has 0 aliphatic carbocycles. The van der Waals surface area contributed by atoms with Crippen molar-refractivity contribution in [2.24, 2.45) is 0 Å². The van der Waals surface area contributed by atoms with Crippen LogP contribution in [-0.2, 0) is 0 Å². The maximum Gasteiger partial charge on any atom is 0.255 e. The summed E-state index contributed by atoms with van der Waals surface area (Å²) >= 11 is 0. The Kier molecular flexibility index (Phi) is 3.12. The molecular formula is C18H15N3O2. The molecule has 0 saturated carbocycles. The number of nitrogens with zero attached hydrogens (tertiary/aromatic N) is 1. The molecule has 0 aliphatic rings. The summed E-state index contributed by atoms with van der Waals surface area (Å²) in [6, 6.07) is 15.0. The number of benzene rings is 2. The standard InChI is InChI=1S/C18H15N3O2/c1-11(17-20-14-7-3-4-8-15(14)21-17)19-18(22)13-10-23-16-9-5-2-6-12(13)16/h2-11H,1H3,(H,19,22)(H,20,21). The van der Waals surface area contributed by atoms with E-state index in [9.17, 15) is 4.79 Å². The van der Waals surface area contributed by atoms with Gasteiger partial charge in [0, 0.05) is 5.39 Å². The summed E-state index contributed by atoms with van der Waals surface area (Å²) in [6.07, 6.45) is 1.49. The number of aromatic amines is 1. The summed E-state index contributed by atoms with van der Waals surface area (Å²) in [6.45, 7) is 1.90. The van der Waals surface area contributed by atoms with Crippen molar-refractivity contribution in [3.8, 4) is 0 Å². The van der Waals surface area contributed by atoms with Crippen LogP contribution in [-0.4, -0.2) is 15.9 Å². The minimum atomic E-state index is -0.233. The Bertz CT molecular complexity index is 967. The number of fused-ring (bicyclic) bond motifs is 2. The Morgan fingerprint density at radius 1 is 1.17 bits per heavy atom. The van der Waals surface area contributed by atoms with Gasteiger partial charge in [0.2, 0.25) is 0 Å². The zero-order valence-electron chi connectivity index (χ0n) is 12.5. The fourth-order valence-electron chi connectivity index (χ4n) is 2.67. The average molecular weight is 305 g/mol. The number of furan rings is 1. The van der Waals surface area contributed by atoms with Crippen LogP contribution in [0.3, 0.4) is 0 Å². The van der Waals surface area contributed by atoms with Crippen molar-refractivity contribution in [2.75, 3.05) is 0 Å². The highest BCUT2D eigenvalue weighted by Crippen LogP contribution is 2.22. The van der Waals surface area contributed by atoms with Crippen LogP contribution in [0, 0.1) is 0 Å². The van der Waals surface area contributed by atoms with Crippen LogP contribution < -0.4 is 5.32 Å². The Morgan fingerprint density at radius 3 is 2.83 bits per heavy atom. The molecule has 0 spiro atoms. The van der Waals surface area contributed by atoms with Gasteiger partial charge in [-0.1, -0.05) is 30.3 Å². The minimum Gasteiger partial charge on any atom is -0.463 e. The first-order valence-electron chi connectivity index (χ1n) is 7.44. The number of hydrogen-bond acceptors (Lipinski definition) is 3. The molecule has 1 amide bonds. The topological polar surface area (TPSA) is 70.9 Å². The van der Waals surface area contributed by atoms with Crippen LogP contribution in [0.25, 0.3) is 22.0 Å². The van der Waals surface area contributed by atoms with E-state index in [1.54, 1.807) is 0 Å². The van der Waals surface area contributed by atoms with Gasteiger partial charge in [-0.3, -0.25) is 4.79 Å². The average Bonchev–Trinajstić information content (AvgIpc) is 3.18. The molecule has 0 fully saturated rings. The molecule has 23 heavy (non-hydrogen) atoms. The lowest BCUT2D eigenvalue weighted by atomic mass is 10.1. The van der Waals surface area contributed by atoms with E-state index in [1.165, 1.54) is 6.26 Å². The van der Waals surface area contributed by atoms with Crippen LogP contribution in [0.4, 0.5) is 0 Å². The highest BCUT2D eigenvalue weighted by molar-refractivity contribution is 6.06. The van der Waals surface area contributed by atoms with Gasteiger partial charge in [0.1, 0.15) is 17.7 Å². The lowest BCUT2D eigenvalue weighted by Gasteiger charge is -2.10. The molecule has 4 rings (SSSR count). The normalized spacial score (nSPS) is 12.6. The van der Waals surface area contributed by atoms with Crippen LogP contribution in [0.15, 0.2) is 59.2 Å². The summed E-state index contributed by atoms with van der Waals surface area (Å²) < 4.78 is 5.42. The van der Waals surface area contributed by atoms with Crippen LogP contribution in [0.5, 0.6) is 0 Å². The second-order valence-corrected chi connectivity index (χ2v) is 5.48. The summed E-state index contributed by atoms with van der Waals surface area (Å²) in [5.41, 5.74) is 3.08. The van der Waals surface area contributed by atoms with Crippen LogP contribution >= 0.6 is 0 Å². The molecule has 114 valence electrons. The maximum atomic E-state index is 12.5. The van der Waals surface area contributed by atoms with Crippen molar-refractivity contribution >= 4 is 27.9 Å². The smallest absolute Gasteiger partial charge is 0.255 e. The van der Waals surface area contributed by atoms with Gasteiger partial charge in [0.25, 0.3) is 5.91 Å². The van der Waals surface area contributed by atoms with Crippen molar-refractivity contribution in [1.82, 2.24) is 15.3 Å². The van der Waals surface area contributed by atoms with Crippen molar-refractivity contribution < 1.29 is 9.21 Å². The summed E-state index contributed by atoms with van der Waals surface area (Å²) in [7, 11) is 0. The van der Waals surface area contributed by atoms with E-state index >= 15 is 0 Å². The van der Waals surface area contributed by atoms with Gasteiger partial charge in [-0.25, -0.2) is 4.98 Å². The van der Waals surface area contributed by atoms with Crippen molar-refractivity contribution in [2.45, 2.75) is 13.0 Å². The number of rotatable bonds is 3. The number of para-hydroxylation sites is 3. The van der Waals surface area contributed by atoms with Gasteiger partial charge in [-0.15, -0.1) is 0 Å². The molecular weight excluding hydrogens is 290 g/mol. The Balaban J connectivity index is 1.60. The molecule has 2 N–H and O–H groups in total. The number of nitrogens with one attached hydrogen (secondary N) is 2. The van der Waals surface area contributed by atoms with Crippen LogP contribution in [0.1, 0.15) is 29.1 Å². The first-order chi connectivity index (χ1) is 11.2. The van der Waals surface area contributed by atoms with Crippen LogP contribution in [0.2, 0.25) is 0 Å². The third-order valence-corrected chi connectivity index (χ3v) is 3.89. The molecule has 1 atom stereocenters. The largest absolute Gasteiger partial charge is 0.463 e. The van der Waals surface area contributed by atoms with E-state index in [0.717, 1.165) is 22.2 Å². The molecule has 0 saturated heterocycles. The monoisotopic (exact) mass is 305 g/mol. The molecule has 5 heteroatoms. The predicted octanol–water partition coefficient (Wildman–Crippen LogP) is 3.80. The molecule has 1 unspecified atom stereocenters. The summed E-state index contributed by atoms with van der Waals surface area (Å²) in [5.74, 6) is 0.551. The van der Waals surface area contributed by atoms with E-state index in [-0.39, 0.29) is 11.9 Å². The van der Waals surface area contributed by atoms with E-state index in [0.29, 0.717) is 11.1 Å². The molecule has 2 aromatic heterocycles. The van der Waals surface area contributed by atoms with Crippen molar-refractivity contribution in [3.63, 3.8) is 0 Å². The van der Waals surface area contributed by atoms with Gasteiger partial charge in [-0.05, 0) is 25.1 Å². The number of carbonyl (C=O) groups excluding carboxylic acids is 1. The fourth-order valence-corrected chi connectivity index (χ4v) is 2.67. The molecule has 2 heterocycles. The molecule has 0 bridgehead atoms. The lowest BCUT2D eigenvalue weighted by Crippen LogP contribution is -2.27. The minimum absolute atomic E-state index is 0.178. The number of aromatic nitrogens is 2. The van der Waals surface area contributed by atoms with Crippen molar-refractivity contribution in [3.05, 3.63) is 66.2 Å². The Labute approximate surface area is 132 Å². The second kappa shape index (κ2) is 5.28. The predicted molar refractivity (Wildman–Crippen MR) is 88.2 cm³/mol. The van der Waals surface area contributed by atoms with Crippen molar-refractivity contribution in [1.29, 1.82) is 0 Å². The van der Waals surface area contributed by atoms with Gasteiger partial charge in [-0.2, -0.15) is 0 Å². The molecule has 2 aromatic carbocycles. The highest BCUT2D eigenvalue weighted by atomic mass is 16.3. The van der Waals surface area contributed by atoms with Gasteiger partial charge in [0.15, 0.2) is 0 Å². The SMILES string of the molecule is CC(NC(=O)c1coc2ccccc12)c1nc2ccccc2[nH]1. The quantitative estimate of drug-likeness (QED) is 0.605. The number of imidazole rings is 1. The maximum absolute atomic E-state index is 12.5. The molecule has 0 aliphatic heterocycles. The number of hydrogen-bond donors (Lipinski definition) is 2. The number of amides is 1. The molecule has 0 radical (unpaired) electrons. The first kappa shape index (κ1) is 13.6. The Hall–Kier alpha value is -3.08. The number of carbonyl (C=O) groups is 1. The summed E-state index contributed by atoms with van der Waals surface area (Å²) in [5, 5.41) is 3.77. The third kappa shape index (κ3) is 2.36. The van der Waals surface area contributed by atoms with E-state index in [4.69, 9.17) is 4.42 Å².